The van der Waals surface area contributed by atoms with Gasteiger partial charge < -0.3 is 15.4 Å². The van der Waals surface area contributed by atoms with E-state index < -0.39 is 0 Å². The highest BCUT2D eigenvalue weighted by atomic mass is 16.5. The van der Waals surface area contributed by atoms with Crippen molar-refractivity contribution in [1.29, 1.82) is 0 Å². The summed E-state index contributed by atoms with van der Waals surface area (Å²) in [5, 5.41) is 0. The number of carbonyl (C=O) groups excluding carboxylic acids is 1. The van der Waals surface area contributed by atoms with Gasteiger partial charge in [-0.25, -0.2) is 0 Å². The van der Waals surface area contributed by atoms with Crippen LogP contribution in [0.2, 0.25) is 0 Å². The summed E-state index contributed by atoms with van der Waals surface area (Å²) in [6.07, 6.45) is 0. The molecule has 1 aromatic rings. The number of nitrogens with two attached hydrogens (primary N) is 1. The van der Waals surface area contributed by atoms with Crippen LogP contribution in [-0.4, -0.2) is 43.7 Å². The van der Waals surface area contributed by atoms with E-state index in [4.69, 9.17) is 10.5 Å². The molecule has 1 rings (SSSR count). The number of amides is 1. The summed E-state index contributed by atoms with van der Waals surface area (Å²) in [6, 6.07) is 5.66. The number of ether oxygens (including phenoxy) is 1. The maximum atomic E-state index is 12.5. The summed E-state index contributed by atoms with van der Waals surface area (Å²) in [5.74, 6) is 5.81. The van der Waals surface area contributed by atoms with Gasteiger partial charge >= 0.3 is 0 Å². The van der Waals surface area contributed by atoms with Crippen LogP contribution in [0.1, 0.15) is 35.3 Å². The van der Waals surface area contributed by atoms with Gasteiger partial charge in [-0.05, 0) is 44.5 Å². The smallest absolute Gasteiger partial charge is 0.253 e. The Morgan fingerprint density at radius 3 is 2.71 bits per heavy atom. The van der Waals surface area contributed by atoms with Gasteiger partial charge in [0.15, 0.2) is 0 Å². The highest BCUT2D eigenvalue weighted by Crippen LogP contribution is 2.12. The first-order chi connectivity index (χ1) is 10.1. The van der Waals surface area contributed by atoms with Gasteiger partial charge in [0.25, 0.3) is 5.91 Å². The first kappa shape index (κ1) is 17.2. The molecule has 1 amide bonds. The number of hydrogen-bond donors (Lipinski definition) is 1. The zero-order valence-corrected chi connectivity index (χ0v) is 13.1. The lowest BCUT2D eigenvalue weighted by Gasteiger charge is -2.21. The lowest BCUT2D eigenvalue weighted by molar-refractivity contribution is 0.0669. The van der Waals surface area contributed by atoms with E-state index in [1.165, 1.54) is 0 Å². The van der Waals surface area contributed by atoms with Gasteiger partial charge in [-0.1, -0.05) is 11.8 Å². The van der Waals surface area contributed by atoms with Crippen LogP contribution in [0.4, 0.5) is 0 Å². The molecule has 0 unspecified atom stereocenters. The fraction of sp³-hybridized carbons (Fsp3) is 0.471. The van der Waals surface area contributed by atoms with Crippen molar-refractivity contribution >= 4 is 5.91 Å². The van der Waals surface area contributed by atoms with Crippen LogP contribution in [0.5, 0.6) is 0 Å². The Balaban J connectivity index is 2.91. The largest absolute Gasteiger partial charge is 0.380 e. The summed E-state index contributed by atoms with van der Waals surface area (Å²) in [5.41, 5.74) is 7.89. The molecule has 0 spiro atoms. The highest BCUT2D eigenvalue weighted by molar-refractivity contribution is 5.94. The molecular weight excluding hydrogens is 264 g/mol. The second kappa shape index (κ2) is 9.17. The van der Waals surface area contributed by atoms with E-state index in [-0.39, 0.29) is 5.91 Å². The minimum atomic E-state index is 0.0108. The lowest BCUT2D eigenvalue weighted by atomic mass is 10.1. The van der Waals surface area contributed by atoms with E-state index in [1.807, 2.05) is 39.0 Å². The fourth-order valence-electron chi connectivity index (χ4n) is 2.04. The highest BCUT2D eigenvalue weighted by Gasteiger charge is 2.14. The molecule has 0 fully saturated rings. The average Bonchev–Trinajstić information content (AvgIpc) is 2.48. The molecule has 0 saturated carbocycles. The summed E-state index contributed by atoms with van der Waals surface area (Å²) in [4.78, 5) is 14.3. The van der Waals surface area contributed by atoms with Crippen molar-refractivity contribution in [2.75, 3.05) is 32.8 Å². The van der Waals surface area contributed by atoms with Crippen molar-refractivity contribution in [1.82, 2.24) is 4.90 Å². The second-order valence-corrected chi connectivity index (χ2v) is 4.68. The molecule has 0 aliphatic carbocycles. The molecule has 114 valence electrons. The predicted molar refractivity (Wildman–Crippen MR) is 85.2 cm³/mol. The van der Waals surface area contributed by atoms with E-state index in [2.05, 4.69) is 11.8 Å². The van der Waals surface area contributed by atoms with Crippen LogP contribution in [-0.2, 0) is 4.74 Å². The number of likely N-dealkylation sites (N-methyl/N-ethyl adjacent to an activating group) is 1. The Bertz CT molecular complexity index is 529. The van der Waals surface area contributed by atoms with Gasteiger partial charge in [0.2, 0.25) is 0 Å². The van der Waals surface area contributed by atoms with Crippen molar-refractivity contribution in [2.24, 2.45) is 5.73 Å². The third kappa shape index (κ3) is 5.58. The number of hydrogen-bond acceptors (Lipinski definition) is 3. The van der Waals surface area contributed by atoms with Crippen LogP contribution < -0.4 is 5.73 Å². The molecule has 0 aliphatic rings. The SMILES string of the molecule is CCOCCN(CC)C(=O)c1cc(C)cc(C#CCN)c1. The third-order valence-electron chi connectivity index (χ3n) is 3.04. The molecule has 0 saturated heterocycles. The fourth-order valence-corrected chi connectivity index (χ4v) is 2.04. The van der Waals surface area contributed by atoms with Gasteiger partial charge in [-0.2, -0.15) is 0 Å². The average molecular weight is 288 g/mol. The third-order valence-corrected chi connectivity index (χ3v) is 3.04. The van der Waals surface area contributed by atoms with Gasteiger partial charge in [-0.3, -0.25) is 4.79 Å². The molecule has 4 nitrogen and oxygen atoms in total. The van der Waals surface area contributed by atoms with E-state index in [9.17, 15) is 4.79 Å². The standard InChI is InChI=1S/C17H24N2O2/c1-4-19(9-10-21-5-2)17(20)16-12-14(3)11-15(13-16)7-6-8-18/h11-13H,4-5,8-10,18H2,1-3H3. The van der Waals surface area contributed by atoms with Crippen LogP contribution in [0.25, 0.3) is 0 Å². The van der Waals surface area contributed by atoms with Crippen LogP contribution in [0.3, 0.4) is 0 Å². The number of rotatable bonds is 6. The Morgan fingerprint density at radius 2 is 2.10 bits per heavy atom. The molecule has 0 radical (unpaired) electrons. The molecule has 4 heteroatoms. The molecule has 0 bridgehead atoms. The van der Waals surface area contributed by atoms with E-state index in [0.717, 1.165) is 11.1 Å². The maximum absolute atomic E-state index is 12.5. The molecule has 0 heterocycles. The summed E-state index contributed by atoms with van der Waals surface area (Å²) >= 11 is 0. The van der Waals surface area contributed by atoms with E-state index in [1.54, 1.807) is 4.90 Å². The van der Waals surface area contributed by atoms with Crippen LogP contribution in [0, 0.1) is 18.8 Å². The topological polar surface area (TPSA) is 55.6 Å². The van der Waals surface area contributed by atoms with Crippen molar-refractivity contribution in [2.45, 2.75) is 20.8 Å². The van der Waals surface area contributed by atoms with Crippen molar-refractivity contribution in [3.63, 3.8) is 0 Å². The zero-order chi connectivity index (χ0) is 15.7. The first-order valence-electron chi connectivity index (χ1n) is 7.30. The molecule has 1 aromatic carbocycles. The van der Waals surface area contributed by atoms with Crippen molar-refractivity contribution in [3.05, 3.63) is 34.9 Å². The maximum Gasteiger partial charge on any atom is 0.253 e. The number of benzene rings is 1. The van der Waals surface area contributed by atoms with Gasteiger partial charge in [0, 0.05) is 30.8 Å². The molecule has 0 aliphatic heterocycles. The molecule has 0 aromatic heterocycles. The normalized spacial score (nSPS) is 9.90. The molecule has 21 heavy (non-hydrogen) atoms. The predicted octanol–water partition coefficient (Wildman–Crippen LogP) is 1.80. The summed E-state index contributed by atoms with van der Waals surface area (Å²) in [7, 11) is 0. The molecular formula is C17H24N2O2. The van der Waals surface area contributed by atoms with E-state index >= 15 is 0 Å². The summed E-state index contributed by atoms with van der Waals surface area (Å²) < 4.78 is 5.32. The minimum Gasteiger partial charge on any atom is -0.380 e. The number of aryl methyl sites for hydroxylation is 1. The van der Waals surface area contributed by atoms with Gasteiger partial charge in [0.05, 0.1) is 13.2 Å². The second-order valence-electron chi connectivity index (χ2n) is 4.68. The number of nitrogens with zero attached hydrogens (tertiary/aromatic N) is 1. The quantitative estimate of drug-likeness (QED) is 0.641. The summed E-state index contributed by atoms with van der Waals surface area (Å²) in [6.45, 7) is 8.66. The van der Waals surface area contributed by atoms with Crippen molar-refractivity contribution in [3.8, 4) is 11.8 Å². The Hall–Kier alpha value is -1.83. The first-order valence-corrected chi connectivity index (χ1v) is 7.30. The van der Waals surface area contributed by atoms with Gasteiger partial charge in [-0.15, -0.1) is 0 Å². The Morgan fingerprint density at radius 1 is 1.33 bits per heavy atom. The molecule has 0 atom stereocenters. The minimum absolute atomic E-state index is 0.0108. The van der Waals surface area contributed by atoms with Crippen LogP contribution in [0.15, 0.2) is 18.2 Å². The zero-order valence-electron chi connectivity index (χ0n) is 13.1. The lowest BCUT2D eigenvalue weighted by Crippen LogP contribution is -2.34. The van der Waals surface area contributed by atoms with Crippen molar-refractivity contribution < 1.29 is 9.53 Å². The number of carbonyl (C=O) groups is 1. The van der Waals surface area contributed by atoms with Crippen LogP contribution >= 0.6 is 0 Å². The monoisotopic (exact) mass is 288 g/mol. The van der Waals surface area contributed by atoms with Gasteiger partial charge in [0.1, 0.15) is 0 Å². The van der Waals surface area contributed by atoms with E-state index in [0.29, 0.717) is 38.4 Å². The Labute approximate surface area is 127 Å². The Kier molecular flexibility index (Phi) is 7.52. The molecule has 2 N–H and O–H groups in total.